The second kappa shape index (κ2) is 6.27. The van der Waals surface area contributed by atoms with Gasteiger partial charge in [0.15, 0.2) is 11.5 Å². The number of carbonyl (C=O) groups is 2. The Kier molecular flexibility index (Phi) is 4.99. The molecule has 0 aromatic heterocycles. The molecule has 0 bridgehead atoms. The predicted molar refractivity (Wildman–Crippen MR) is 64.6 cm³/mol. The van der Waals surface area contributed by atoms with Crippen LogP contribution in [0.15, 0.2) is 30.3 Å². The second-order valence-electron chi connectivity index (χ2n) is 3.45. The Balaban J connectivity index is 2.56. The number of sulfonamides is 1. The average molecular weight is 271 g/mol. The van der Waals surface area contributed by atoms with E-state index in [9.17, 15) is 18.0 Å². The van der Waals surface area contributed by atoms with Gasteiger partial charge in [0.1, 0.15) is 0 Å². The van der Waals surface area contributed by atoms with Crippen LogP contribution in [0.1, 0.15) is 10.4 Å². The summed E-state index contributed by atoms with van der Waals surface area (Å²) in [6.45, 7) is -0.386. The van der Waals surface area contributed by atoms with Crippen molar-refractivity contribution in [2.45, 2.75) is 0 Å². The minimum atomic E-state index is -3.84. The van der Waals surface area contributed by atoms with Crippen molar-refractivity contribution < 1.29 is 22.7 Å². The molecule has 0 saturated carbocycles. The molecule has 0 radical (unpaired) electrons. The maximum atomic E-state index is 11.6. The molecule has 0 heterocycles. The highest BCUT2D eigenvalue weighted by Gasteiger charge is 2.18. The van der Waals surface area contributed by atoms with E-state index < -0.39 is 21.7 Å². The third kappa shape index (κ3) is 4.64. The highest BCUT2D eigenvalue weighted by molar-refractivity contribution is 7.90. The van der Waals surface area contributed by atoms with E-state index in [0.29, 0.717) is 5.56 Å². The number of carbonyl (C=O) groups excluding carboxylic acids is 2. The molecule has 0 aliphatic carbocycles. The van der Waals surface area contributed by atoms with E-state index in [1.807, 2.05) is 4.72 Å². The van der Waals surface area contributed by atoms with Crippen molar-refractivity contribution in [3.8, 4) is 0 Å². The van der Waals surface area contributed by atoms with Crippen molar-refractivity contribution in [1.82, 2.24) is 4.72 Å². The molecule has 0 amide bonds. The van der Waals surface area contributed by atoms with Gasteiger partial charge in [0, 0.05) is 5.56 Å². The summed E-state index contributed by atoms with van der Waals surface area (Å²) in [6.07, 6.45) is 0. The number of ketones is 1. The minimum Gasteiger partial charge on any atom is -0.468 e. The molecule has 0 atom stereocenters. The van der Waals surface area contributed by atoms with Gasteiger partial charge in [-0.1, -0.05) is 30.3 Å². The first-order valence-electron chi connectivity index (χ1n) is 5.07. The van der Waals surface area contributed by atoms with Gasteiger partial charge in [0.05, 0.1) is 13.7 Å². The van der Waals surface area contributed by atoms with Gasteiger partial charge in [0.25, 0.3) is 0 Å². The van der Waals surface area contributed by atoms with E-state index in [1.54, 1.807) is 30.3 Å². The SMILES string of the molecule is COC(=O)CS(=O)(=O)NCC(=O)c1ccccc1. The van der Waals surface area contributed by atoms with E-state index in [-0.39, 0.29) is 12.3 Å². The maximum absolute atomic E-state index is 11.6. The fraction of sp³-hybridized carbons (Fsp3) is 0.273. The Morgan fingerprint density at radius 1 is 1.22 bits per heavy atom. The van der Waals surface area contributed by atoms with Crippen LogP contribution in [0.4, 0.5) is 0 Å². The Hall–Kier alpha value is -1.73. The molecule has 0 unspecified atom stereocenters. The number of esters is 1. The third-order valence-electron chi connectivity index (χ3n) is 2.08. The van der Waals surface area contributed by atoms with Crippen LogP contribution in [-0.4, -0.2) is 39.6 Å². The lowest BCUT2D eigenvalue weighted by Crippen LogP contribution is -2.34. The van der Waals surface area contributed by atoms with E-state index in [0.717, 1.165) is 7.11 Å². The van der Waals surface area contributed by atoms with Crippen LogP contribution >= 0.6 is 0 Å². The summed E-state index contributed by atoms with van der Waals surface area (Å²) >= 11 is 0. The number of benzene rings is 1. The maximum Gasteiger partial charge on any atom is 0.322 e. The van der Waals surface area contributed by atoms with Crippen molar-refractivity contribution in [2.75, 3.05) is 19.4 Å². The second-order valence-corrected chi connectivity index (χ2v) is 5.25. The zero-order chi connectivity index (χ0) is 13.6. The van der Waals surface area contributed by atoms with Crippen LogP contribution in [0.3, 0.4) is 0 Å². The van der Waals surface area contributed by atoms with E-state index >= 15 is 0 Å². The zero-order valence-electron chi connectivity index (χ0n) is 9.75. The van der Waals surface area contributed by atoms with Gasteiger partial charge in [-0.3, -0.25) is 9.59 Å². The summed E-state index contributed by atoms with van der Waals surface area (Å²) in [5.41, 5.74) is 0.401. The first kappa shape index (κ1) is 14.3. The van der Waals surface area contributed by atoms with E-state index in [1.165, 1.54) is 0 Å². The predicted octanol–water partition coefficient (Wildman–Crippen LogP) is -0.0383. The van der Waals surface area contributed by atoms with Crippen LogP contribution in [0.2, 0.25) is 0 Å². The molecule has 0 saturated heterocycles. The molecular formula is C11H13NO5S. The third-order valence-corrected chi connectivity index (χ3v) is 3.28. The fourth-order valence-corrected chi connectivity index (χ4v) is 2.05. The van der Waals surface area contributed by atoms with Gasteiger partial charge in [-0.05, 0) is 0 Å². The monoisotopic (exact) mass is 271 g/mol. The van der Waals surface area contributed by atoms with Gasteiger partial charge >= 0.3 is 5.97 Å². The molecule has 1 N–H and O–H groups in total. The first-order valence-corrected chi connectivity index (χ1v) is 6.72. The summed E-state index contributed by atoms with van der Waals surface area (Å²) in [7, 11) is -2.75. The lowest BCUT2D eigenvalue weighted by molar-refractivity contribution is -0.137. The molecule has 0 aliphatic rings. The van der Waals surface area contributed by atoms with Crippen LogP contribution < -0.4 is 4.72 Å². The number of rotatable bonds is 6. The largest absolute Gasteiger partial charge is 0.468 e. The Morgan fingerprint density at radius 3 is 2.39 bits per heavy atom. The number of ether oxygens (including phenoxy) is 1. The van der Waals surface area contributed by atoms with Crippen molar-refractivity contribution in [1.29, 1.82) is 0 Å². The summed E-state index contributed by atoms with van der Waals surface area (Å²) in [5.74, 6) is -2.05. The zero-order valence-corrected chi connectivity index (χ0v) is 10.6. The molecule has 6 nitrogen and oxygen atoms in total. The van der Waals surface area contributed by atoms with E-state index in [2.05, 4.69) is 4.74 Å². The lowest BCUT2D eigenvalue weighted by atomic mass is 10.1. The van der Waals surface area contributed by atoms with Gasteiger partial charge < -0.3 is 4.74 Å². The molecular weight excluding hydrogens is 258 g/mol. The lowest BCUT2D eigenvalue weighted by Gasteiger charge is -2.05. The summed E-state index contributed by atoms with van der Waals surface area (Å²) in [4.78, 5) is 22.4. The summed E-state index contributed by atoms with van der Waals surface area (Å²) in [6, 6.07) is 8.26. The fourth-order valence-electron chi connectivity index (χ4n) is 1.17. The molecule has 1 aromatic carbocycles. The summed E-state index contributed by atoms with van der Waals surface area (Å²) < 4.78 is 29.0. The van der Waals surface area contributed by atoms with Gasteiger partial charge in [-0.2, -0.15) is 0 Å². The topological polar surface area (TPSA) is 89.5 Å². The van der Waals surface area contributed by atoms with Crippen molar-refractivity contribution in [3.63, 3.8) is 0 Å². The Morgan fingerprint density at radius 2 is 1.83 bits per heavy atom. The normalized spacial score (nSPS) is 10.9. The van der Waals surface area contributed by atoms with E-state index in [4.69, 9.17) is 0 Å². The molecule has 1 rings (SSSR count). The highest BCUT2D eigenvalue weighted by Crippen LogP contribution is 1.99. The number of Topliss-reactive ketones (excluding diaryl/α,β-unsaturated/α-hetero) is 1. The molecule has 98 valence electrons. The van der Waals surface area contributed by atoms with Crippen LogP contribution in [0.5, 0.6) is 0 Å². The van der Waals surface area contributed by atoms with Crippen LogP contribution in [0, 0.1) is 0 Å². The Bertz CT molecular complexity index is 524. The van der Waals surface area contributed by atoms with Crippen molar-refractivity contribution >= 4 is 21.8 Å². The minimum absolute atomic E-state index is 0.371. The Labute approximate surface area is 105 Å². The van der Waals surface area contributed by atoms with Crippen molar-refractivity contribution in [3.05, 3.63) is 35.9 Å². The van der Waals surface area contributed by atoms with Crippen molar-refractivity contribution in [2.24, 2.45) is 0 Å². The molecule has 0 spiro atoms. The molecule has 0 aliphatic heterocycles. The average Bonchev–Trinajstić information content (AvgIpc) is 2.36. The van der Waals surface area contributed by atoms with Crippen LogP contribution in [0.25, 0.3) is 0 Å². The first-order chi connectivity index (χ1) is 8.44. The number of hydrogen-bond donors (Lipinski definition) is 1. The molecule has 7 heteroatoms. The van der Waals surface area contributed by atoms with Crippen LogP contribution in [-0.2, 0) is 19.6 Å². The quantitative estimate of drug-likeness (QED) is 0.579. The smallest absolute Gasteiger partial charge is 0.322 e. The number of nitrogens with one attached hydrogen (secondary N) is 1. The highest BCUT2D eigenvalue weighted by atomic mass is 32.2. The van der Waals surface area contributed by atoms with Gasteiger partial charge in [0.2, 0.25) is 10.0 Å². The molecule has 18 heavy (non-hydrogen) atoms. The van der Waals surface area contributed by atoms with Gasteiger partial charge in [-0.25, -0.2) is 13.1 Å². The summed E-state index contributed by atoms with van der Waals surface area (Å²) in [5, 5.41) is 0. The number of hydrogen-bond acceptors (Lipinski definition) is 5. The standard InChI is InChI=1S/C11H13NO5S/c1-17-11(14)8-18(15,16)12-7-10(13)9-5-3-2-4-6-9/h2-6,12H,7-8H2,1H3. The number of methoxy groups -OCH3 is 1. The molecule has 1 aromatic rings. The van der Waals surface area contributed by atoms with Gasteiger partial charge in [-0.15, -0.1) is 0 Å². The molecule has 0 fully saturated rings.